The van der Waals surface area contributed by atoms with Crippen molar-refractivity contribution in [3.05, 3.63) is 53.3 Å². The lowest BCUT2D eigenvalue weighted by Gasteiger charge is -2.34. The zero-order valence-corrected chi connectivity index (χ0v) is 17.8. The quantitative estimate of drug-likeness (QED) is 0.785. The van der Waals surface area contributed by atoms with Crippen LogP contribution in [0.2, 0.25) is 0 Å². The smallest absolute Gasteiger partial charge is 0.410 e. The topological polar surface area (TPSA) is 78.8 Å². The molecule has 0 saturated carbocycles. The molecule has 1 aromatic heterocycles. The van der Waals surface area contributed by atoms with Gasteiger partial charge in [0.25, 0.3) is 0 Å². The summed E-state index contributed by atoms with van der Waals surface area (Å²) in [4.78, 5) is 28.1. The standard InChI is InChI=1S/C22H28N4O4/c1-22(2,3)30-21(28)24-10-9-19-17(12-24)11-23-26(19)18-13-25(14-18)20(27)29-15-16-7-5-4-6-8-16/h4-8,11,18H,9-10,12-15H2,1-3H3/p+1. The van der Waals surface area contributed by atoms with Gasteiger partial charge in [0.1, 0.15) is 12.2 Å². The second-order valence-electron chi connectivity index (χ2n) is 8.87. The molecule has 0 radical (unpaired) electrons. The van der Waals surface area contributed by atoms with Gasteiger partial charge in [-0.1, -0.05) is 30.3 Å². The van der Waals surface area contributed by atoms with Crippen molar-refractivity contribution >= 4 is 12.2 Å². The minimum atomic E-state index is -0.500. The Hall–Kier alpha value is -3.03. The Morgan fingerprint density at radius 1 is 1.13 bits per heavy atom. The molecule has 0 aliphatic carbocycles. The summed E-state index contributed by atoms with van der Waals surface area (Å²) >= 11 is 0. The Bertz CT molecular complexity index is 913. The molecule has 8 nitrogen and oxygen atoms in total. The lowest BCUT2D eigenvalue weighted by Crippen LogP contribution is -2.63. The second kappa shape index (κ2) is 8.01. The summed E-state index contributed by atoms with van der Waals surface area (Å²) in [5.41, 5.74) is 2.76. The Morgan fingerprint density at radius 2 is 1.87 bits per heavy atom. The number of likely N-dealkylation sites (tertiary alicyclic amines) is 1. The fourth-order valence-corrected chi connectivity index (χ4v) is 3.79. The molecule has 2 aromatic rings. The molecule has 4 rings (SSSR count). The number of ether oxygens (including phenoxy) is 2. The number of aromatic amines is 1. The molecule has 8 heteroatoms. The third kappa shape index (κ3) is 4.42. The van der Waals surface area contributed by atoms with Crippen LogP contribution in [0, 0.1) is 0 Å². The summed E-state index contributed by atoms with van der Waals surface area (Å²) in [6, 6.07) is 9.87. The molecule has 1 fully saturated rings. The number of benzene rings is 1. The molecule has 0 atom stereocenters. The van der Waals surface area contributed by atoms with Crippen molar-refractivity contribution in [1.29, 1.82) is 0 Å². The maximum atomic E-state index is 12.3. The van der Waals surface area contributed by atoms with E-state index in [1.807, 2.05) is 57.3 Å². The molecule has 1 aromatic carbocycles. The van der Waals surface area contributed by atoms with Gasteiger partial charge in [-0.15, -0.1) is 4.68 Å². The number of nitrogens with zero attached hydrogens (tertiary/aromatic N) is 3. The van der Waals surface area contributed by atoms with E-state index >= 15 is 0 Å². The SMILES string of the molecule is CC(C)(C)OC(=O)N1CCc2c(c[nH][n+]2C2CN(C(=O)OCc3ccccc3)C2)C1. The van der Waals surface area contributed by atoms with Crippen molar-refractivity contribution in [2.45, 2.75) is 52.0 Å². The van der Waals surface area contributed by atoms with E-state index < -0.39 is 5.60 Å². The zero-order chi connectivity index (χ0) is 21.3. The van der Waals surface area contributed by atoms with Gasteiger partial charge in [-0.3, -0.25) is 4.90 Å². The maximum Gasteiger partial charge on any atom is 0.410 e. The normalized spacial score (nSPS) is 16.6. The van der Waals surface area contributed by atoms with Crippen molar-refractivity contribution in [1.82, 2.24) is 14.9 Å². The first kappa shape index (κ1) is 20.3. The number of H-pyrrole nitrogens is 1. The molecule has 160 valence electrons. The van der Waals surface area contributed by atoms with Crippen LogP contribution in [0.4, 0.5) is 9.59 Å². The van der Waals surface area contributed by atoms with Gasteiger partial charge >= 0.3 is 12.2 Å². The van der Waals surface area contributed by atoms with Gasteiger partial charge in [-0.2, -0.15) is 5.10 Å². The minimum Gasteiger partial charge on any atom is -0.445 e. The molecule has 30 heavy (non-hydrogen) atoms. The summed E-state index contributed by atoms with van der Waals surface area (Å²) in [7, 11) is 0. The number of carbonyl (C=O) groups excluding carboxylic acids is 2. The first-order chi connectivity index (χ1) is 14.3. The van der Waals surface area contributed by atoms with Crippen LogP contribution < -0.4 is 4.68 Å². The third-order valence-corrected chi connectivity index (χ3v) is 5.36. The number of rotatable bonds is 3. The molecule has 3 heterocycles. The Labute approximate surface area is 176 Å². The van der Waals surface area contributed by atoms with Crippen molar-refractivity contribution in [2.75, 3.05) is 19.6 Å². The molecule has 2 aliphatic heterocycles. The van der Waals surface area contributed by atoms with Gasteiger partial charge in [-0.05, 0) is 26.3 Å². The van der Waals surface area contributed by atoms with E-state index in [-0.39, 0.29) is 24.8 Å². The zero-order valence-electron chi connectivity index (χ0n) is 17.8. The number of aromatic nitrogens is 2. The van der Waals surface area contributed by atoms with Crippen LogP contribution in [-0.2, 0) is 29.0 Å². The van der Waals surface area contributed by atoms with Crippen molar-refractivity contribution in [3.8, 4) is 0 Å². The van der Waals surface area contributed by atoms with Gasteiger partial charge in [0.2, 0.25) is 11.7 Å². The van der Waals surface area contributed by atoms with Crippen molar-refractivity contribution in [3.63, 3.8) is 0 Å². The number of amides is 2. The van der Waals surface area contributed by atoms with Crippen LogP contribution in [0.15, 0.2) is 36.5 Å². The van der Waals surface area contributed by atoms with Crippen LogP contribution in [-0.4, -0.2) is 52.3 Å². The van der Waals surface area contributed by atoms with E-state index in [4.69, 9.17) is 9.47 Å². The van der Waals surface area contributed by atoms with Crippen LogP contribution in [0.25, 0.3) is 0 Å². The Kier molecular flexibility index (Phi) is 5.40. The minimum absolute atomic E-state index is 0.200. The molecule has 2 amide bonds. The van der Waals surface area contributed by atoms with Gasteiger partial charge in [0, 0.05) is 6.54 Å². The average Bonchev–Trinajstić information content (AvgIpc) is 3.08. The van der Waals surface area contributed by atoms with E-state index in [1.54, 1.807) is 9.80 Å². The highest BCUT2D eigenvalue weighted by molar-refractivity contribution is 5.69. The lowest BCUT2D eigenvalue weighted by atomic mass is 10.1. The average molecular weight is 413 g/mol. The summed E-state index contributed by atoms with van der Waals surface area (Å²) in [5, 5.41) is 3.30. The highest BCUT2D eigenvalue weighted by Gasteiger charge is 2.43. The van der Waals surface area contributed by atoms with Crippen LogP contribution in [0.5, 0.6) is 0 Å². The van der Waals surface area contributed by atoms with E-state index in [1.165, 1.54) is 5.69 Å². The molecular formula is C22H29N4O4+. The predicted molar refractivity (Wildman–Crippen MR) is 109 cm³/mol. The number of fused-ring (bicyclic) bond motifs is 1. The number of nitrogens with one attached hydrogen (secondary N) is 1. The highest BCUT2D eigenvalue weighted by atomic mass is 16.6. The Balaban J connectivity index is 1.29. The van der Waals surface area contributed by atoms with Crippen molar-refractivity contribution < 1.29 is 23.7 Å². The van der Waals surface area contributed by atoms with E-state index in [2.05, 4.69) is 9.78 Å². The van der Waals surface area contributed by atoms with E-state index in [0.717, 1.165) is 17.5 Å². The van der Waals surface area contributed by atoms with E-state index in [0.29, 0.717) is 26.2 Å². The second-order valence-corrected chi connectivity index (χ2v) is 8.87. The molecular weight excluding hydrogens is 384 g/mol. The summed E-state index contributed by atoms with van der Waals surface area (Å²) < 4.78 is 13.0. The van der Waals surface area contributed by atoms with Gasteiger partial charge < -0.3 is 14.4 Å². The van der Waals surface area contributed by atoms with Crippen LogP contribution in [0.1, 0.15) is 43.6 Å². The number of carbonyl (C=O) groups is 2. The molecule has 1 saturated heterocycles. The Morgan fingerprint density at radius 3 is 2.57 bits per heavy atom. The highest BCUT2D eigenvalue weighted by Crippen LogP contribution is 2.23. The third-order valence-electron chi connectivity index (χ3n) is 5.36. The number of hydrogen-bond donors (Lipinski definition) is 1. The summed E-state index contributed by atoms with van der Waals surface area (Å²) in [6.07, 6.45) is 2.14. The van der Waals surface area contributed by atoms with E-state index in [9.17, 15) is 9.59 Å². The fraction of sp³-hybridized carbons (Fsp3) is 0.500. The first-order valence-corrected chi connectivity index (χ1v) is 10.3. The monoisotopic (exact) mass is 413 g/mol. The fourth-order valence-electron chi connectivity index (χ4n) is 3.79. The molecule has 0 unspecified atom stereocenters. The van der Waals surface area contributed by atoms with Gasteiger partial charge in [0.15, 0.2) is 0 Å². The first-order valence-electron chi connectivity index (χ1n) is 10.3. The predicted octanol–water partition coefficient (Wildman–Crippen LogP) is 2.79. The van der Waals surface area contributed by atoms with Crippen LogP contribution in [0.3, 0.4) is 0 Å². The largest absolute Gasteiger partial charge is 0.445 e. The van der Waals surface area contributed by atoms with Crippen molar-refractivity contribution in [2.24, 2.45) is 0 Å². The molecule has 0 bridgehead atoms. The van der Waals surface area contributed by atoms with Crippen LogP contribution >= 0.6 is 0 Å². The number of hydrogen-bond acceptors (Lipinski definition) is 4. The molecule has 0 spiro atoms. The maximum absolute atomic E-state index is 12.3. The van der Waals surface area contributed by atoms with Gasteiger partial charge in [0.05, 0.1) is 37.8 Å². The summed E-state index contributed by atoms with van der Waals surface area (Å²) in [6.45, 7) is 8.28. The molecule has 2 aliphatic rings. The molecule has 1 N–H and O–H groups in total. The summed E-state index contributed by atoms with van der Waals surface area (Å²) in [5.74, 6) is 0. The van der Waals surface area contributed by atoms with Gasteiger partial charge in [-0.25, -0.2) is 9.59 Å². The lowest BCUT2D eigenvalue weighted by molar-refractivity contribution is -0.787.